The third kappa shape index (κ3) is 5.62. The number of nitrogens with zero attached hydrogens (tertiary/aromatic N) is 1. The molecule has 1 heterocycles. The Morgan fingerprint density at radius 1 is 1.09 bits per heavy atom. The number of sulfone groups is 1. The lowest BCUT2D eigenvalue weighted by Gasteiger charge is -2.10. The first-order valence-electron chi connectivity index (χ1n) is 10.2. The molecule has 0 spiro atoms. The third-order valence-electron chi connectivity index (χ3n) is 4.82. The van der Waals surface area contributed by atoms with E-state index in [0.717, 1.165) is 30.2 Å². The van der Waals surface area contributed by atoms with Gasteiger partial charge in [0.2, 0.25) is 15.7 Å². The van der Waals surface area contributed by atoms with E-state index in [2.05, 4.69) is 15.6 Å². The molecule has 2 amide bonds. The van der Waals surface area contributed by atoms with E-state index in [0.29, 0.717) is 20.6 Å². The average molecular weight is 524 g/mol. The number of hydrogen-bond donors (Lipinski definition) is 2. The maximum absolute atomic E-state index is 13.1. The van der Waals surface area contributed by atoms with Crippen LogP contribution in [0.2, 0.25) is 0 Å². The van der Waals surface area contributed by atoms with Crippen LogP contribution in [0.5, 0.6) is 0 Å². The number of rotatable bonds is 9. The van der Waals surface area contributed by atoms with E-state index in [1.165, 1.54) is 30.0 Å². The van der Waals surface area contributed by atoms with Crippen LogP contribution in [0.1, 0.15) is 23.2 Å². The van der Waals surface area contributed by atoms with E-state index in [1.807, 2.05) is 6.07 Å². The van der Waals surface area contributed by atoms with Gasteiger partial charge in [-0.05, 0) is 25.0 Å². The quantitative estimate of drug-likeness (QED) is 0.402. The summed E-state index contributed by atoms with van der Waals surface area (Å²) in [5.41, 5.74) is 0.725. The van der Waals surface area contributed by atoms with Crippen LogP contribution in [-0.4, -0.2) is 42.8 Å². The largest absolute Gasteiger partial charge is 0.353 e. The Bertz CT molecular complexity index is 1310. The summed E-state index contributed by atoms with van der Waals surface area (Å²) in [7, 11) is -4.98. The predicted octanol–water partition coefficient (Wildman–Crippen LogP) is 4.43. The molecule has 4 rings (SSSR count). The van der Waals surface area contributed by atoms with Crippen LogP contribution >= 0.6 is 23.1 Å². The Morgan fingerprint density at radius 3 is 2.44 bits per heavy atom. The molecule has 1 aliphatic carbocycles. The standard InChI is InChI=1S/C22H19F2N3O4S3/c23-21(24)34(30,31)16-9-5-4-8-15(16)19(29)27-20-18(13-6-2-1-3-7-13)26-22(33-20)32-12-17(28)25-14-10-11-14/h1-9,14,21H,10-12H2,(H,25,28)(H,27,29). The van der Waals surface area contributed by atoms with E-state index < -0.39 is 32.0 Å². The molecule has 7 nitrogen and oxygen atoms in total. The minimum Gasteiger partial charge on any atom is -0.353 e. The zero-order chi connectivity index (χ0) is 24.3. The first kappa shape index (κ1) is 24.3. The van der Waals surface area contributed by atoms with Crippen LogP contribution in [0.4, 0.5) is 13.8 Å². The minimum atomic E-state index is -4.98. The van der Waals surface area contributed by atoms with Gasteiger partial charge in [-0.2, -0.15) is 8.78 Å². The Morgan fingerprint density at radius 2 is 1.76 bits per heavy atom. The first-order chi connectivity index (χ1) is 16.3. The van der Waals surface area contributed by atoms with Gasteiger partial charge in [0.1, 0.15) is 10.7 Å². The molecule has 34 heavy (non-hydrogen) atoms. The highest BCUT2D eigenvalue weighted by atomic mass is 32.2. The van der Waals surface area contributed by atoms with Gasteiger partial charge >= 0.3 is 5.76 Å². The molecule has 1 aliphatic rings. The van der Waals surface area contributed by atoms with Crippen molar-refractivity contribution in [1.82, 2.24) is 10.3 Å². The molecule has 0 saturated heterocycles. The van der Waals surface area contributed by atoms with Crippen LogP contribution < -0.4 is 10.6 Å². The van der Waals surface area contributed by atoms with Crippen LogP contribution in [0, 0.1) is 0 Å². The average Bonchev–Trinajstić information content (AvgIpc) is 3.55. The van der Waals surface area contributed by atoms with E-state index in [1.54, 1.807) is 24.3 Å². The fourth-order valence-electron chi connectivity index (χ4n) is 3.03. The molecular weight excluding hydrogens is 504 g/mol. The number of hydrogen-bond acceptors (Lipinski definition) is 7. The smallest absolute Gasteiger partial charge is 0.341 e. The summed E-state index contributed by atoms with van der Waals surface area (Å²) >= 11 is 2.33. The molecule has 1 fully saturated rings. The second kappa shape index (κ2) is 10.2. The van der Waals surface area contributed by atoms with Crippen molar-refractivity contribution in [2.45, 2.75) is 33.9 Å². The fourth-order valence-corrected chi connectivity index (χ4v) is 5.83. The van der Waals surface area contributed by atoms with Gasteiger partial charge in [-0.3, -0.25) is 9.59 Å². The summed E-state index contributed by atoms with van der Waals surface area (Å²) in [6.45, 7) is 0. The molecule has 1 saturated carbocycles. The number of carbonyl (C=O) groups is 2. The topological polar surface area (TPSA) is 105 Å². The number of anilines is 1. The second-order valence-corrected chi connectivity index (χ2v) is 11.5. The maximum Gasteiger partial charge on any atom is 0.341 e. The molecular formula is C22H19F2N3O4S3. The summed E-state index contributed by atoms with van der Waals surface area (Å²) in [6.07, 6.45) is 1.95. The summed E-state index contributed by atoms with van der Waals surface area (Å²) in [6, 6.07) is 14.0. The molecule has 0 radical (unpaired) electrons. The second-order valence-electron chi connectivity index (χ2n) is 7.41. The summed E-state index contributed by atoms with van der Waals surface area (Å²) in [4.78, 5) is 28.8. The lowest BCUT2D eigenvalue weighted by atomic mass is 10.1. The molecule has 0 atom stereocenters. The molecule has 3 aromatic rings. The molecule has 0 aliphatic heterocycles. The number of carbonyl (C=O) groups excluding carboxylic acids is 2. The van der Waals surface area contributed by atoms with Gasteiger partial charge in [0, 0.05) is 11.6 Å². The normalized spacial score (nSPS) is 13.6. The number of halogens is 2. The summed E-state index contributed by atoms with van der Waals surface area (Å²) in [5.74, 6) is -4.47. The van der Waals surface area contributed by atoms with E-state index in [-0.39, 0.29) is 17.7 Å². The lowest BCUT2D eigenvalue weighted by molar-refractivity contribution is -0.118. The van der Waals surface area contributed by atoms with Crippen molar-refractivity contribution >= 4 is 49.8 Å². The van der Waals surface area contributed by atoms with Crippen LogP contribution in [0.3, 0.4) is 0 Å². The Balaban J connectivity index is 1.61. The van der Waals surface area contributed by atoms with Gasteiger partial charge in [0.15, 0.2) is 4.34 Å². The van der Waals surface area contributed by atoms with Gasteiger partial charge in [-0.25, -0.2) is 13.4 Å². The maximum atomic E-state index is 13.1. The predicted molar refractivity (Wildman–Crippen MR) is 127 cm³/mol. The zero-order valence-electron chi connectivity index (χ0n) is 17.5. The number of alkyl halides is 2. The molecule has 2 N–H and O–H groups in total. The van der Waals surface area contributed by atoms with Gasteiger partial charge < -0.3 is 10.6 Å². The first-order valence-corrected chi connectivity index (χ1v) is 13.5. The highest BCUT2D eigenvalue weighted by Crippen LogP contribution is 2.38. The molecule has 0 unspecified atom stereocenters. The van der Waals surface area contributed by atoms with Crippen molar-refractivity contribution in [3.63, 3.8) is 0 Å². The van der Waals surface area contributed by atoms with Crippen molar-refractivity contribution in [3.05, 3.63) is 60.2 Å². The number of nitrogens with one attached hydrogen (secondary N) is 2. The number of aromatic nitrogens is 1. The van der Waals surface area contributed by atoms with Gasteiger partial charge in [-0.15, -0.1) is 0 Å². The van der Waals surface area contributed by atoms with Crippen molar-refractivity contribution in [1.29, 1.82) is 0 Å². The monoisotopic (exact) mass is 523 g/mol. The Kier molecular flexibility index (Phi) is 7.29. The highest BCUT2D eigenvalue weighted by Gasteiger charge is 2.31. The molecule has 12 heteroatoms. The van der Waals surface area contributed by atoms with Crippen molar-refractivity contribution in [3.8, 4) is 11.3 Å². The van der Waals surface area contributed by atoms with Crippen molar-refractivity contribution in [2.75, 3.05) is 11.1 Å². The van der Waals surface area contributed by atoms with Crippen LogP contribution in [-0.2, 0) is 14.6 Å². The molecule has 2 aromatic carbocycles. The molecule has 1 aromatic heterocycles. The number of benzene rings is 2. The zero-order valence-corrected chi connectivity index (χ0v) is 20.0. The molecule has 0 bridgehead atoms. The van der Waals surface area contributed by atoms with Gasteiger partial charge in [-0.1, -0.05) is 65.6 Å². The highest BCUT2D eigenvalue weighted by molar-refractivity contribution is 8.01. The third-order valence-corrected chi connectivity index (χ3v) is 8.38. The van der Waals surface area contributed by atoms with E-state index >= 15 is 0 Å². The Hall–Kier alpha value is -2.83. The minimum absolute atomic E-state index is 0.110. The summed E-state index contributed by atoms with van der Waals surface area (Å²) < 4.78 is 50.9. The SMILES string of the molecule is O=C(CSc1nc(-c2ccccc2)c(NC(=O)c2ccccc2S(=O)(=O)C(F)F)s1)NC1CC1. The molecule has 178 valence electrons. The number of thiazole rings is 1. The van der Waals surface area contributed by atoms with Crippen molar-refractivity contribution < 1.29 is 26.8 Å². The summed E-state index contributed by atoms with van der Waals surface area (Å²) in [5, 5.41) is 5.82. The number of thioether (sulfide) groups is 1. The van der Waals surface area contributed by atoms with Crippen LogP contribution in [0.15, 0.2) is 63.8 Å². The van der Waals surface area contributed by atoms with Crippen molar-refractivity contribution in [2.24, 2.45) is 0 Å². The fraction of sp³-hybridized carbons (Fsp3) is 0.227. The Labute approximate surface area is 202 Å². The van der Waals surface area contributed by atoms with Gasteiger partial charge in [0.05, 0.1) is 16.2 Å². The van der Waals surface area contributed by atoms with Crippen LogP contribution in [0.25, 0.3) is 11.3 Å². The lowest BCUT2D eigenvalue weighted by Crippen LogP contribution is -2.26. The van der Waals surface area contributed by atoms with E-state index in [4.69, 9.17) is 0 Å². The number of amides is 2. The van der Waals surface area contributed by atoms with E-state index in [9.17, 15) is 26.8 Å². The van der Waals surface area contributed by atoms with Gasteiger partial charge in [0.25, 0.3) is 5.91 Å².